The molecule has 0 bridgehead atoms. The largest absolute Gasteiger partial charge is 0.387 e. The number of aliphatic hydroxyl groups is 1. The second-order valence-electron chi connectivity index (χ2n) is 5.11. The van der Waals surface area contributed by atoms with E-state index in [0.717, 1.165) is 11.3 Å². The average molecular weight is 286 g/mol. The molecule has 0 saturated carbocycles. The molecule has 0 aliphatic heterocycles. The van der Waals surface area contributed by atoms with Crippen molar-refractivity contribution in [3.8, 4) is 0 Å². The van der Waals surface area contributed by atoms with E-state index in [1.807, 2.05) is 20.1 Å². The van der Waals surface area contributed by atoms with Crippen LogP contribution in [0.25, 0.3) is 0 Å². The Morgan fingerprint density at radius 2 is 2.21 bits per heavy atom. The van der Waals surface area contributed by atoms with E-state index in [2.05, 4.69) is 10.5 Å². The predicted octanol–water partition coefficient (Wildman–Crippen LogP) is 1.63. The van der Waals surface area contributed by atoms with Crippen LogP contribution >= 0.6 is 11.8 Å². The van der Waals surface area contributed by atoms with Crippen molar-refractivity contribution in [3.05, 3.63) is 17.0 Å². The molecule has 0 aliphatic carbocycles. The Kier molecular flexibility index (Phi) is 5.43. The highest BCUT2D eigenvalue weighted by Crippen LogP contribution is 2.23. The number of carbonyl (C=O) groups excluding carboxylic acids is 1. The Balaban J connectivity index is 2.64. The normalized spacial score (nSPS) is 15.9. The zero-order chi connectivity index (χ0) is 14.6. The summed E-state index contributed by atoms with van der Waals surface area (Å²) in [6.07, 6.45) is 1.92. The van der Waals surface area contributed by atoms with Crippen LogP contribution in [0, 0.1) is 13.8 Å². The first-order chi connectivity index (χ1) is 8.78. The van der Waals surface area contributed by atoms with Crippen LogP contribution in [0.15, 0.2) is 4.52 Å². The molecule has 1 amide bonds. The van der Waals surface area contributed by atoms with Crippen LogP contribution in [-0.2, 0) is 4.79 Å². The van der Waals surface area contributed by atoms with E-state index >= 15 is 0 Å². The average Bonchev–Trinajstić information content (AvgIpc) is 2.65. The Morgan fingerprint density at radius 1 is 1.58 bits per heavy atom. The van der Waals surface area contributed by atoms with Crippen molar-refractivity contribution < 1.29 is 14.4 Å². The van der Waals surface area contributed by atoms with Crippen LogP contribution in [0.4, 0.5) is 0 Å². The number of aryl methyl sites for hydroxylation is 2. The summed E-state index contributed by atoms with van der Waals surface area (Å²) in [5.74, 6) is 0.774. The molecule has 1 aromatic heterocycles. The number of aromatic nitrogens is 1. The number of amides is 1. The predicted molar refractivity (Wildman–Crippen MR) is 76.4 cm³/mol. The van der Waals surface area contributed by atoms with Crippen molar-refractivity contribution >= 4 is 17.7 Å². The lowest BCUT2D eigenvalue weighted by molar-refractivity contribution is -0.123. The molecule has 2 atom stereocenters. The Hall–Kier alpha value is -1.01. The summed E-state index contributed by atoms with van der Waals surface area (Å²) >= 11 is 1.54. The molecule has 5 nitrogen and oxygen atoms in total. The highest BCUT2D eigenvalue weighted by molar-refractivity contribution is 7.98. The van der Waals surface area contributed by atoms with E-state index in [9.17, 15) is 9.90 Å². The molecule has 2 N–H and O–H groups in total. The number of rotatable bonds is 6. The van der Waals surface area contributed by atoms with Crippen molar-refractivity contribution in [1.29, 1.82) is 0 Å². The van der Waals surface area contributed by atoms with Gasteiger partial charge in [-0.2, -0.15) is 11.8 Å². The Labute approximate surface area is 118 Å². The van der Waals surface area contributed by atoms with Crippen molar-refractivity contribution in [2.75, 3.05) is 18.6 Å². The minimum Gasteiger partial charge on any atom is -0.387 e. The van der Waals surface area contributed by atoms with Gasteiger partial charge in [0, 0.05) is 17.9 Å². The number of nitrogens with zero attached hydrogens (tertiary/aromatic N) is 1. The summed E-state index contributed by atoms with van der Waals surface area (Å²) in [7, 11) is 0. The minimum absolute atomic E-state index is 0.129. The molecule has 0 saturated heterocycles. The van der Waals surface area contributed by atoms with E-state index < -0.39 is 5.60 Å². The van der Waals surface area contributed by atoms with Gasteiger partial charge in [0.05, 0.1) is 17.2 Å². The van der Waals surface area contributed by atoms with Crippen LogP contribution in [0.3, 0.4) is 0 Å². The second kappa shape index (κ2) is 6.43. The van der Waals surface area contributed by atoms with Gasteiger partial charge >= 0.3 is 0 Å². The first-order valence-electron chi connectivity index (χ1n) is 6.20. The summed E-state index contributed by atoms with van der Waals surface area (Å²) < 4.78 is 5.07. The summed E-state index contributed by atoms with van der Waals surface area (Å²) in [6.45, 7) is 7.37. The van der Waals surface area contributed by atoms with Gasteiger partial charge in [-0.1, -0.05) is 5.16 Å². The van der Waals surface area contributed by atoms with Crippen LogP contribution in [0.2, 0.25) is 0 Å². The van der Waals surface area contributed by atoms with E-state index in [4.69, 9.17) is 4.52 Å². The molecule has 0 fully saturated rings. The molecule has 19 heavy (non-hydrogen) atoms. The first kappa shape index (κ1) is 16.0. The van der Waals surface area contributed by atoms with Crippen LogP contribution in [0.5, 0.6) is 0 Å². The number of thioether (sulfide) groups is 1. The number of nitrogens with one attached hydrogen (secondary N) is 1. The fourth-order valence-corrected chi connectivity index (χ4v) is 2.76. The maximum Gasteiger partial charge on any atom is 0.227 e. The number of hydrogen-bond donors (Lipinski definition) is 2. The van der Waals surface area contributed by atoms with Gasteiger partial charge in [0.15, 0.2) is 0 Å². The van der Waals surface area contributed by atoms with Gasteiger partial charge in [0.25, 0.3) is 0 Å². The Bertz CT molecular complexity index is 424. The van der Waals surface area contributed by atoms with Crippen LogP contribution in [-0.4, -0.2) is 40.3 Å². The monoisotopic (exact) mass is 286 g/mol. The number of carbonyl (C=O) groups is 1. The minimum atomic E-state index is -0.895. The molecule has 1 aromatic rings. The van der Waals surface area contributed by atoms with Crippen molar-refractivity contribution in [2.45, 2.75) is 39.2 Å². The van der Waals surface area contributed by atoms with Gasteiger partial charge in [0.1, 0.15) is 5.76 Å². The summed E-state index contributed by atoms with van der Waals surface area (Å²) in [5, 5.41) is 16.6. The fraction of sp³-hybridized carbons (Fsp3) is 0.692. The topological polar surface area (TPSA) is 75.4 Å². The molecule has 1 heterocycles. The first-order valence-corrected chi connectivity index (χ1v) is 7.59. The van der Waals surface area contributed by atoms with E-state index in [1.54, 1.807) is 25.6 Å². The van der Waals surface area contributed by atoms with Crippen molar-refractivity contribution in [3.63, 3.8) is 0 Å². The standard InChI is InChI=1S/C13H22N2O3S/c1-8(11-9(2)15-18-10(11)3)12(16)14-6-13(4,17)7-19-5/h8,17H,6-7H2,1-5H3,(H,14,16). The maximum absolute atomic E-state index is 12.1. The lowest BCUT2D eigenvalue weighted by atomic mass is 9.98. The molecule has 0 spiro atoms. The molecular weight excluding hydrogens is 264 g/mol. The van der Waals surface area contributed by atoms with Crippen molar-refractivity contribution in [2.24, 2.45) is 0 Å². The molecule has 0 aromatic carbocycles. The molecule has 0 aliphatic rings. The number of hydrogen-bond acceptors (Lipinski definition) is 5. The summed E-state index contributed by atoms with van der Waals surface area (Å²) in [4.78, 5) is 12.1. The van der Waals surface area contributed by atoms with E-state index in [-0.39, 0.29) is 18.4 Å². The molecule has 108 valence electrons. The zero-order valence-corrected chi connectivity index (χ0v) is 12.9. The second-order valence-corrected chi connectivity index (χ2v) is 5.97. The molecule has 1 rings (SSSR count). The molecule has 2 unspecified atom stereocenters. The third-order valence-corrected chi connectivity index (χ3v) is 3.92. The molecule has 0 radical (unpaired) electrons. The maximum atomic E-state index is 12.1. The summed E-state index contributed by atoms with van der Waals surface area (Å²) in [5.41, 5.74) is 0.658. The lowest BCUT2D eigenvalue weighted by Crippen LogP contribution is -2.43. The lowest BCUT2D eigenvalue weighted by Gasteiger charge is -2.23. The zero-order valence-electron chi connectivity index (χ0n) is 12.1. The van der Waals surface area contributed by atoms with Crippen molar-refractivity contribution in [1.82, 2.24) is 10.5 Å². The highest BCUT2D eigenvalue weighted by Gasteiger charge is 2.25. The fourth-order valence-electron chi connectivity index (χ4n) is 2.03. The third kappa shape index (κ3) is 4.24. The quantitative estimate of drug-likeness (QED) is 0.831. The van der Waals surface area contributed by atoms with Crippen LogP contribution < -0.4 is 5.32 Å². The SMILES string of the molecule is CSCC(C)(O)CNC(=O)C(C)c1c(C)noc1C. The van der Waals surface area contributed by atoms with Gasteiger partial charge in [0.2, 0.25) is 5.91 Å². The van der Waals surface area contributed by atoms with E-state index in [1.165, 1.54) is 0 Å². The van der Waals surface area contributed by atoms with Gasteiger partial charge in [-0.3, -0.25) is 4.79 Å². The Morgan fingerprint density at radius 3 is 2.68 bits per heavy atom. The smallest absolute Gasteiger partial charge is 0.227 e. The summed E-state index contributed by atoms with van der Waals surface area (Å²) in [6, 6.07) is 0. The van der Waals surface area contributed by atoms with Crippen LogP contribution in [0.1, 0.15) is 36.8 Å². The van der Waals surface area contributed by atoms with Gasteiger partial charge in [-0.05, 0) is 34.0 Å². The van der Waals surface area contributed by atoms with Gasteiger partial charge in [-0.15, -0.1) is 0 Å². The van der Waals surface area contributed by atoms with Gasteiger partial charge < -0.3 is 14.9 Å². The third-order valence-electron chi connectivity index (χ3n) is 3.01. The molecular formula is C13H22N2O3S. The van der Waals surface area contributed by atoms with E-state index in [0.29, 0.717) is 11.5 Å². The van der Waals surface area contributed by atoms with Gasteiger partial charge in [-0.25, -0.2) is 0 Å². The molecule has 6 heteroatoms. The highest BCUT2D eigenvalue weighted by atomic mass is 32.2.